The molecule has 0 aliphatic rings. The van der Waals surface area contributed by atoms with Crippen LogP contribution in [0, 0.1) is 0 Å². The van der Waals surface area contributed by atoms with Gasteiger partial charge in [-0.3, -0.25) is 0 Å². The maximum absolute atomic E-state index is 11.6. The van der Waals surface area contributed by atoms with Gasteiger partial charge in [-0.1, -0.05) is 18.2 Å². The number of aromatic nitrogens is 1. The summed E-state index contributed by atoms with van der Waals surface area (Å²) >= 11 is 0. The molecule has 0 aromatic carbocycles. The summed E-state index contributed by atoms with van der Waals surface area (Å²) in [5, 5.41) is 0. The Morgan fingerprint density at radius 1 is 1.20 bits per heavy atom. The summed E-state index contributed by atoms with van der Waals surface area (Å²) in [5.41, 5.74) is 1.87. The summed E-state index contributed by atoms with van der Waals surface area (Å²) in [6.07, 6.45) is 4.62. The number of nitrogens with one attached hydrogen (secondary N) is 2. The van der Waals surface area contributed by atoms with Crippen LogP contribution in [-0.2, 0) is 22.2 Å². The lowest BCUT2D eigenvalue weighted by Crippen LogP contribution is -2.20. The van der Waals surface area contributed by atoms with Gasteiger partial charge in [-0.15, -0.1) is 0 Å². The highest BCUT2D eigenvalue weighted by molar-refractivity contribution is 7.88. The Morgan fingerprint density at radius 3 is 2.55 bits per heavy atom. The molecule has 0 atom stereocenters. The minimum atomic E-state index is -3.25. The predicted molar refractivity (Wildman–Crippen MR) is 82.4 cm³/mol. The molecule has 0 amide bonds. The third-order valence-corrected chi connectivity index (χ3v) is 4.13. The molecule has 0 saturated heterocycles. The number of H-pyrrole nitrogens is 1. The molecule has 1 aromatic rings. The van der Waals surface area contributed by atoms with Crippen molar-refractivity contribution in [2.75, 3.05) is 27.7 Å². The zero-order chi connectivity index (χ0) is 15.0. The first-order chi connectivity index (χ1) is 9.43. The Bertz CT molecular complexity index is 563. The van der Waals surface area contributed by atoms with E-state index in [1.165, 1.54) is 7.05 Å². The van der Waals surface area contributed by atoms with E-state index in [9.17, 15) is 8.42 Å². The highest BCUT2D eigenvalue weighted by Gasteiger charge is 2.06. The second-order valence-corrected chi connectivity index (χ2v) is 6.76. The van der Waals surface area contributed by atoms with Crippen molar-refractivity contribution in [1.82, 2.24) is 14.6 Å². The maximum atomic E-state index is 11.6. The molecule has 0 fully saturated rings. The normalized spacial score (nSPS) is 11.4. The van der Waals surface area contributed by atoms with Gasteiger partial charge in [0.25, 0.3) is 0 Å². The fourth-order valence-corrected chi connectivity index (χ4v) is 2.37. The van der Waals surface area contributed by atoms with E-state index >= 15 is 0 Å². The van der Waals surface area contributed by atoms with Crippen LogP contribution in [0.4, 0.5) is 0 Å². The topological polar surface area (TPSA) is 65.2 Å². The van der Waals surface area contributed by atoms with Crippen molar-refractivity contribution in [2.24, 2.45) is 0 Å². The van der Waals surface area contributed by atoms with Gasteiger partial charge in [-0.05, 0) is 44.8 Å². The average Bonchev–Trinajstić information content (AvgIpc) is 2.49. The minimum Gasteiger partial charge on any atom is -0.367 e. The molecule has 0 unspecified atom stereocenters. The van der Waals surface area contributed by atoms with Crippen LogP contribution in [-0.4, -0.2) is 46.0 Å². The third-order valence-electron chi connectivity index (χ3n) is 2.80. The average molecular weight is 297 g/mol. The van der Waals surface area contributed by atoms with Gasteiger partial charge in [0.15, 0.2) is 0 Å². The lowest BCUT2D eigenvalue weighted by atomic mass is 10.2. The molecule has 1 rings (SSSR count). The lowest BCUT2D eigenvalue weighted by Gasteiger charge is -2.07. The molecule has 0 saturated carbocycles. The van der Waals surface area contributed by atoms with Crippen molar-refractivity contribution >= 4 is 10.0 Å². The van der Waals surface area contributed by atoms with Crippen molar-refractivity contribution in [3.8, 4) is 0 Å². The second-order valence-electron chi connectivity index (χ2n) is 4.84. The molecule has 1 aromatic heterocycles. The summed E-state index contributed by atoms with van der Waals surface area (Å²) < 4.78 is 25.5. The van der Waals surface area contributed by atoms with E-state index in [4.69, 9.17) is 0 Å². The Balaban J connectivity index is 3.01. The monoisotopic (exact) mass is 297 g/mol. The molecule has 0 aliphatic carbocycles. The van der Waals surface area contributed by atoms with Gasteiger partial charge in [0.1, 0.15) is 0 Å². The predicted octanol–water partition coefficient (Wildman–Crippen LogP) is 1.29. The van der Waals surface area contributed by atoms with E-state index in [0.717, 1.165) is 24.1 Å². The Morgan fingerprint density at radius 2 is 1.90 bits per heavy atom. The minimum absolute atomic E-state index is 0.0225. The molecule has 20 heavy (non-hydrogen) atoms. The van der Waals surface area contributed by atoms with Crippen molar-refractivity contribution < 1.29 is 8.42 Å². The molecule has 0 aliphatic heterocycles. The molecule has 5 nitrogen and oxygen atoms in total. The molecular formula is C14H23N3O2S. The van der Waals surface area contributed by atoms with Gasteiger partial charge in [0.2, 0.25) is 10.0 Å². The van der Waals surface area contributed by atoms with Gasteiger partial charge in [0, 0.05) is 18.9 Å². The van der Waals surface area contributed by atoms with Gasteiger partial charge >= 0.3 is 0 Å². The summed E-state index contributed by atoms with van der Waals surface area (Å²) in [6, 6.07) is 7.41. The van der Waals surface area contributed by atoms with E-state index in [-0.39, 0.29) is 5.75 Å². The van der Waals surface area contributed by atoms with E-state index in [2.05, 4.69) is 14.6 Å². The standard InChI is InChI=1S/C14H23N3O2S/c1-15-20(18,19)12-14-5-4-9-16-11-13(6-7-14)8-10-17(2)3/h4-7,9,11,15-16H,8,10,12H2,1-3H3. The van der Waals surface area contributed by atoms with Crippen LogP contribution < -0.4 is 4.72 Å². The molecule has 0 spiro atoms. The zero-order valence-corrected chi connectivity index (χ0v) is 13.1. The summed E-state index contributed by atoms with van der Waals surface area (Å²) in [4.78, 5) is 5.19. The summed E-state index contributed by atoms with van der Waals surface area (Å²) in [5.74, 6) is -0.0225. The summed E-state index contributed by atoms with van der Waals surface area (Å²) in [6.45, 7) is 0.940. The van der Waals surface area contributed by atoms with E-state index < -0.39 is 10.0 Å². The van der Waals surface area contributed by atoms with Crippen LogP contribution in [0.1, 0.15) is 11.1 Å². The van der Waals surface area contributed by atoms with Crippen LogP contribution in [0.3, 0.4) is 0 Å². The summed E-state index contributed by atoms with van der Waals surface area (Å²) in [7, 11) is 2.22. The maximum Gasteiger partial charge on any atom is 0.215 e. The number of aromatic amines is 1. The number of sulfonamides is 1. The smallest absolute Gasteiger partial charge is 0.215 e. The number of likely N-dealkylation sites (N-methyl/N-ethyl adjacent to an activating group) is 1. The first-order valence-electron chi connectivity index (χ1n) is 6.48. The van der Waals surface area contributed by atoms with Crippen molar-refractivity contribution in [3.05, 3.63) is 47.8 Å². The molecule has 0 radical (unpaired) electrons. The van der Waals surface area contributed by atoms with Crippen LogP contribution in [0.25, 0.3) is 0 Å². The van der Waals surface area contributed by atoms with Gasteiger partial charge in [-0.25, -0.2) is 13.1 Å². The molecule has 2 N–H and O–H groups in total. The quantitative estimate of drug-likeness (QED) is 0.831. The Kier molecular flexibility index (Phi) is 6.70. The van der Waals surface area contributed by atoms with Crippen molar-refractivity contribution in [3.63, 3.8) is 0 Å². The highest BCUT2D eigenvalue weighted by atomic mass is 32.2. The number of hydrogen-bond acceptors (Lipinski definition) is 3. The molecule has 112 valence electrons. The highest BCUT2D eigenvalue weighted by Crippen LogP contribution is 2.04. The number of hydrogen-bond donors (Lipinski definition) is 2. The SMILES string of the molecule is CNS(=O)(=O)Cc1ccc[nH]cc(CCN(C)C)cc1. The molecular weight excluding hydrogens is 274 g/mol. The van der Waals surface area contributed by atoms with Crippen LogP contribution >= 0.6 is 0 Å². The zero-order valence-electron chi connectivity index (χ0n) is 12.3. The first-order valence-corrected chi connectivity index (χ1v) is 8.13. The fraction of sp³-hybridized carbons (Fsp3) is 0.429. The van der Waals surface area contributed by atoms with Crippen LogP contribution in [0.2, 0.25) is 0 Å². The van der Waals surface area contributed by atoms with Crippen LogP contribution in [0.5, 0.6) is 0 Å². The van der Waals surface area contributed by atoms with Crippen LogP contribution in [0.15, 0.2) is 36.7 Å². The Labute approximate surface area is 121 Å². The second kappa shape index (κ2) is 8.04. The van der Waals surface area contributed by atoms with E-state index in [1.54, 1.807) is 18.3 Å². The molecule has 1 heterocycles. The number of rotatable bonds is 6. The van der Waals surface area contributed by atoms with Crippen molar-refractivity contribution in [2.45, 2.75) is 12.2 Å². The molecule has 6 heteroatoms. The third kappa shape index (κ3) is 6.70. The van der Waals surface area contributed by atoms with E-state index in [1.807, 2.05) is 32.4 Å². The van der Waals surface area contributed by atoms with E-state index in [0.29, 0.717) is 0 Å². The molecule has 0 bridgehead atoms. The number of nitrogens with zero attached hydrogens (tertiary/aromatic N) is 1. The van der Waals surface area contributed by atoms with Gasteiger partial charge in [0.05, 0.1) is 5.75 Å². The lowest BCUT2D eigenvalue weighted by molar-refractivity contribution is 0.413. The Hall–Kier alpha value is -1.37. The first kappa shape index (κ1) is 16.7. The van der Waals surface area contributed by atoms with Crippen molar-refractivity contribution in [1.29, 1.82) is 0 Å². The fourth-order valence-electron chi connectivity index (χ4n) is 1.60. The van der Waals surface area contributed by atoms with Gasteiger partial charge < -0.3 is 9.88 Å². The van der Waals surface area contributed by atoms with Gasteiger partial charge in [-0.2, -0.15) is 0 Å². The largest absolute Gasteiger partial charge is 0.367 e.